The number of nitrogens with one attached hydrogen (secondary N) is 1. The minimum Gasteiger partial charge on any atom is -0.458 e. The molecule has 0 aromatic rings. The number of hydrogen-bond acceptors (Lipinski definition) is 7. The monoisotopic (exact) mass is 412 g/mol. The van der Waals surface area contributed by atoms with Crippen molar-refractivity contribution in [2.75, 3.05) is 13.2 Å². The lowest BCUT2D eigenvalue weighted by atomic mass is 10.0. The highest BCUT2D eigenvalue weighted by atomic mass is 16.6. The summed E-state index contributed by atoms with van der Waals surface area (Å²) < 4.78 is 15.9. The molecule has 0 spiro atoms. The Morgan fingerprint density at radius 1 is 1.21 bits per heavy atom. The average molecular weight is 412 g/mol. The Labute approximate surface area is 171 Å². The van der Waals surface area contributed by atoms with Crippen LogP contribution in [0.4, 0.5) is 4.79 Å². The molecule has 0 saturated carbocycles. The van der Waals surface area contributed by atoms with Crippen LogP contribution in [0.5, 0.6) is 0 Å². The molecule has 1 rings (SSSR count). The van der Waals surface area contributed by atoms with Crippen molar-refractivity contribution in [3.05, 3.63) is 12.7 Å². The van der Waals surface area contributed by atoms with E-state index in [-0.39, 0.29) is 26.1 Å². The molecule has 29 heavy (non-hydrogen) atoms. The minimum absolute atomic E-state index is 0.0185. The zero-order valence-corrected chi connectivity index (χ0v) is 18.1. The number of rotatable bonds is 7. The fraction of sp³-hybridized carbons (Fsp3) is 0.700. The number of imide groups is 1. The fourth-order valence-electron chi connectivity index (χ4n) is 2.53. The van der Waals surface area contributed by atoms with Gasteiger partial charge in [-0.1, -0.05) is 12.7 Å². The van der Waals surface area contributed by atoms with Gasteiger partial charge >= 0.3 is 12.1 Å². The second kappa shape index (κ2) is 9.87. The summed E-state index contributed by atoms with van der Waals surface area (Å²) in [4.78, 5) is 50.9. The van der Waals surface area contributed by atoms with E-state index < -0.39 is 47.2 Å². The number of alkyl carbamates (subject to hydrolysis) is 1. The van der Waals surface area contributed by atoms with Crippen LogP contribution < -0.4 is 5.32 Å². The second-order valence-electron chi connectivity index (χ2n) is 8.70. The van der Waals surface area contributed by atoms with Crippen LogP contribution in [0.3, 0.4) is 0 Å². The van der Waals surface area contributed by atoms with Crippen LogP contribution >= 0.6 is 0 Å². The van der Waals surface area contributed by atoms with Crippen molar-refractivity contribution in [2.24, 2.45) is 0 Å². The topological polar surface area (TPSA) is 111 Å². The molecular formula is C20H32N2O7. The molecule has 164 valence electrons. The molecule has 1 N–H and O–H groups in total. The lowest BCUT2D eigenvalue weighted by Gasteiger charge is -2.37. The smallest absolute Gasteiger partial charge is 0.408 e. The molecule has 0 unspecified atom stereocenters. The normalized spacial score (nSPS) is 18.8. The third-order valence-corrected chi connectivity index (χ3v) is 3.74. The molecular weight excluding hydrogens is 380 g/mol. The Bertz CT molecular complexity index is 646. The molecule has 2 atom stereocenters. The van der Waals surface area contributed by atoms with E-state index in [4.69, 9.17) is 14.2 Å². The second-order valence-corrected chi connectivity index (χ2v) is 8.70. The molecule has 0 aliphatic carbocycles. The zero-order valence-electron chi connectivity index (χ0n) is 18.1. The maximum absolute atomic E-state index is 12.9. The maximum atomic E-state index is 12.9. The fourth-order valence-corrected chi connectivity index (χ4v) is 2.53. The van der Waals surface area contributed by atoms with E-state index in [9.17, 15) is 19.2 Å². The van der Waals surface area contributed by atoms with Crippen LogP contribution in [-0.2, 0) is 28.6 Å². The van der Waals surface area contributed by atoms with Crippen LogP contribution in [-0.4, -0.2) is 65.3 Å². The number of nitrogens with zero attached hydrogens (tertiary/aromatic N) is 1. The number of amides is 3. The summed E-state index contributed by atoms with van der Waals surface area (Å²) in [6.07, 6.45) is 0.670. The summed E-state index contributed by atoms with van der Waals surface area (Å²) in [5.41, 5.74) is -1.42. The maximum Gasteiger partial charge on any atom is 0.408 e. The van der Waals surface area contributed by atoms with Gasteiger partial charge in [0.25, 0.3) is 5.91 Å². The molecule has 1 aliphatic rings. The summed E-state index contributed by atoms with van der Waals surface area (Å²) >= 11 is 0. The average Bonchev–Trinajstić information content (AvgIpc) is 2.55. The van der Waals surface area contributed by atoms with E-state index in [1.807, 2.05) is 0 Å². The first-order chi connectivity index (χ1) is 13.2. The molecule has 0 aromatic heterocycles. The van der Waals surface area contributed by atoms with Gasteiger partial charge in [-0.15, -0.1) is 0 Å². The van der Waals surface area contributed by atoms with Crippen molar-refractivity contribution in [1.82, 2.24) is 10.2 Å². The molecule has 0 aromatic carbocycles. The van der Waals surface area contributed by atoms with Gasteiger partial charge in [-0.05, 0) is 48.0 Å². The Hall–Kier alpha value is -2.42. The highest BCUT2D eigenvalue weighted by Gasteiger charge is 2.44. The molecule has 1 fully saturated rings. The van der Waals surface area contributed by atoms with E-state index >= 15 is 0 Å². The number of ether oxygens (including phenoxy) is 3. The number of piperidine rings is 1. The largest absolute Gasteiger partial charge is 0.458 e. The van der Waals surface area contributed by atoms with Crippen molar-refractivity contribution in [1.29, 1.82) is 0 Å². The van der Waals surface area contributed by atoms with Gasteiger partial charge in [0.15, 0.2) is 6.04 Å². The summed E-state index contributed by atoms with van der Waals surface area (Å²) in [6.45, 7) is 13.6. The first kappa shape index (κ1) is 24.6. The lowest BCUT2D eigenvalue weighted by Crippen LogP contribution is -2.61. The Balaban J connectivity index is 3.06. The Kier molecular flexibility index (Phi) is 8.37. The summed E-state index contributed by atoms with van der Waals surface area (Å²) in [5, 5.41) is 2.42. The van der Waals surface area contributed by atoms with Crippen molar-refractivity contribution in [3.63, 3.8) is 0 Å². The van der Waals surface area contributed by atoms with Gasteiger partial charge in [0.2, 0.25) is 5.91 Å². The SMILES string of the molecule is C=CCOC(=O)N[C@H]1CCC(=O)N([C@@H](COC(C)(C)C)C(=O)OC(C)(C)C)C1=O. The number of likely N-dealkylation sites (tertiary alicyclic amines) is 1. The van der Waals surface area contributed by atoms with Crippen LogP contribution in [0.2, 0.25) is 0 Å². The van der Waals surface area contributed by atoms with Crippen LogP contribution in [0.15, 0.2) is 12.7 Å². The highest BCUT2D eigenvalue weighted by molar-refractivity contribution is 6.04. The van der Waals surface area contributed by atoms with Gasteiger partial charge < -0.3 is 19.5 Å². The van der Waals surface area contributed by atoms with E-state index in [0.29, 0.717) is 0 Å². The molecule has 3 amide bonds. The predicted molar refractivity (Wildman–Crippen MR) is 105 cm³/mol. The van der Waals surface area contributed by atoms with Gasteiger partial charge in [0.05, 0.1) is 12.2 Å². The first-order valence-electron chi connectivity index (χ1n) is 9.52. The standard InChI is InChI=1S/C20H32N2O7/c1-8-11-27-18(26)21-13-9-10-15(23)22(16(13)24)14(12-28-19(2,3)4)17(25)29-20(5,6)7/h8,13-14H,1,9-12H2,2-7H3,(H,21,26)/t13-,14-/m0/s1. The zero-order chi connectivity index (χ0) is 22.4. The van der Waals surface area contributed by atoms with Gasteiger partial charge in [-0.2, -0.15) is 0 Å². The number of carbonyl (C=O) groups excluding carboxylic acids is 4. The molecule has 1 saturated heterocycles. The first-order valence-corrected chi connectivity index (χ1v) is 9.52. The predicted octanol–water partition coefficient (Wildman–Crippen LogP) is 1.94. The number of esters is 1. The summed E-state index contributed by atoms with van der Waals surface area (Å²) in [7, 11) is 0. The van der Waals surface area contributed by atoms with Crippen LogP contribution in [0.1, 0.15) is 54.4 Å². The highest BCUT2D eigenvalue weighted by Crippen LogP contribution is 2.21. The lowest BCUT2D eigenvalue weighted by molar-refractivity contribution is -0.175. The number of carbonyl (C=O) groups is 4. The van der Waals surface area contributed by atoms with E-state index in [0.717, 1.165) is 4.90 Å². The van der Waals surface area contributed by atoms with Crippen molar-refractivity contribution >= 4 is 23.9 Å². The van der Waals surface area contributed by atoms with E-state index in [1.165, 1.54) is 6.08 Å². The van der Waals surface area contributed by atoms with Crippen molar-refractivity contribution in [3.8, 4) is 0 Å². The Morgan fingerprint density at radius 3 is 2.34 bits per heavy atom. The summed E-state index contributed by atoms with van der Waals surface area (Å²) in [5.74, 6) is -1.98. The molecule has 0 bridgehead atoms. The quantitative estimate of drug-likeness (QED) is 0.386. The van der Waals surface area contributed by atoms with Crippen molar-refractivity contribution in [2.45, 2.75) is 77.7 Å². The molecule has 1 heterocycles. The molecule has 1 aliphatic heterocycles. The minimum atomic E-state index is -1.26. The van der Waals surface area contributed by atoms with Crippen LogP contribution in [0, 0.1) is 0 Å². The summed E-state index contributed by atoms with van der Waals surface area (Å²) in [6, 6.07) is -2.26. The van der Waals surface area contributed by atoms with E-state index in [1.54, 1.807) is 41.5 Å². The Morgan fingerprint density at radius 2 is 1.83 bits per heavy atom. The van der Waals surface area contributed by atoms with E-state index in [2.05, 4.69) is 11.9 Å². The van der Waals surface area contributed by atoms with Crippen molar-refractivity contribution < 1.29 is 33.4 Å². The van der Waals surface area contributed by atoms with Gasteiger partial charge in [0, 0.05) is 6.42 Å². The molecule has 0 radical (unpaired) electrons. The van der Waals surface area contributed by atoms with Gasteiger partial charge in [-0.3, -0.25) is 14.5 Å². The molecule has 9 nitrogen and oxygen atoms in total. The molecule has 9 heteroatoms. The third-order valence-electron chi connectivity index (χ3n) is 3.74. The third kappa shape index (κ3) is 8.23. The van der Waals surface area contributed by atoms with Gasteiger partial charge in [-0.25, -0.2) is 9.59 Å². The van der Waals surface area contributed by atoms with Crippen LogP contribution in [0.25, 0.3) is 0 Å². The van der Waals surface area contributed by atoms with Gasteiger partial charge in [0.1, 0.15) is 18.2 Å². The number of hydrogen-bond donors (Lipinski definition) is 1.